The van der Waals surface area contributed by atoms with Gasteiger partial charge in [-0.05, 0) is 30.3 Å². The predicted molar refractivity (Wildman–Crippen MR) is 84.5 cm³/mol. The first-order chi connectivity index (χ1) is 11.7. The lowest BCUT2D eigenvalue weighted by Crippen LogP contribution is -2.33. The van der Waals surface area contributed by atoms with Crippen LogP contribution in [0.3, 0.4) is 0 Å². The number of aromatic nitrogens is 2. The third-order valence-electron chi connectivity index (χ3n) is 4.25. The third kappa shape index (κ3) is 3.96. The number of halogens is 4. The molecule has 0 aliphatic carbocycles. The highest BCUT2D eigenvalue weighted by atomic mass is 35.5. The summed E-state index contributed by atoms with van der Waals surface area (Å²) in [5.41, 5.74) is 1.34. The summed E-state index contributed by atoms with van der Waals surface area (Å²) in [5, 5.41) is 14.0. The SMILES string of the molecule is O=C(O)[C@@H]1CN(Cc2ccn(-c3ccc(Cl)cc3)n2)C[C@H]1C(F)(F)F. The lowest BCUT2D eigenvalue weighted by molar-refractivity contribution is -0.188. The summed E-state index contributed by atoms with van der Waals surface area (Å²) in [4.78, 5) is 12.6. The number of nitrogens with zero attached hydrogens (tertiary/aromatic N) is 3. The molecule has 0 amide bonds. The Bertz CT molecular complexity index is 761. The van der Waals surface area contributed by atoms with E-state index in [0.717, 1.165) is 5.69 Å². The number of aliphatic carboxylic acids is 1. The first kappa shape index (κ1) is 17.8. The Kier molecular flexibility index (Phi) is 4.75. The van der Waals surface area contributed by atoms with Crippen molar-refractivity contribution >= 4 is 17.6 Å². The van der Waals surface area contributed by atoms with Gasteiger partial charge in [-0.3, -0.25) is 9.69 Å². The van der Waals surface area contributed by atoms with E-state index in [2.05, 4.69) is 5.10 Å². The van der Waals surface area contributed by atoms with E-state index in [9.17, 15) is 18.0 Å². The van der Waals surface area contributed by atoms with Crippen LogP contribution in [0.15, 0.2) is 36.5 Å². The van der Waals surface area contributed by atoms with Gasteiger partial charge in [0.15, 0.2) is 0 Å². The number of hydrogen-bond donors (Lipinski definition) is 1. The molecule has 1 N–H and O–H groups in total. The third-order valence-corrected chi connectivity index (χ3v) is 4.51. The van der Waals surface area contributed by atoms with E-state index in [4.69, 9.17) is 16.7 Å². The molecule has 3 rings (SSSR count). The lowest BCUT2D eigenvalue weighted by Gasteiger charge is -2.18. The van der Waals surface area contributed by atoms with Crippen LogP contribution in [-0.4, -0.2) is 45.0 Å². The van der Waals surface area contributed by atoms with Crippen molar-refractivity contribution in [2.24, 2.45) is 11.8 Å². The van der Waals surface area contributed by atoms with Crippen LogP contribution in [0.2, 0.25) is 5.02 Å². The summed E-state index contributed by atoms with van der Waals surface area (Å²) >= 11 is 5.83. The Balaban J connectivity index is 1.71. The van der Waals surface area contributed by atoms with Crippen LogP contribution in [0.4, 0.5) is 13.2 Å². The summed E-state index contributed by atoms with van der Waals surface area (Å²) in [7, 11) is 0. The number of alkyl halides is 3. The van der Waals surface area contributed by atoms with Crippen LogP contribution < -0.4 is 0 Å². The van der Waals surface area contributed by atoms with E-state index in [1.165, 1.54) is 4.90 Å². The van der Waals surface area contributed by atoms with Crippen molar-refractivity contribution < 1.29 is 23.1 Å². The second-order valence-electron chi connectivity index (χ2n) is 6.01. The molecule has 25 heavy (non-hydrogen) atoms. The zero-order valence-electron chi connectivity index (χ0n) is 12.9. The molecule has 0 spiro atoms. The molecule has 2 atom stereocenters. The molecule has 134 valence electrons. The zero-order chi connectivity index (χ0) is 18.2. The Hall–Kier alpha value is -2.06. The normalized spacial score (nSPS) is 21.6. The van der Waals surface area contributed by atoms with Gasteiger partial charge in [0.25, 0.3) is 0 Å². The molecule has 1 aromatic heterocycles. The summed E-state index contributed by atoms with van der Waals surface area (Å²) < 4.78 is 40.7. The van der Waals surface area contributed by atoms with E-state index in [-0.39, 0.29) is 19.6 Å². The molecule has 0 saturated carbocycles. The van der Waals surface area contributed by atoms with E-state index < -0.39 is 24.0 Å². The molecular weight excluding hydrogens is 359 g/mol. The molecule has 0 unspecified atom stereocenters. The fraction of sp³-hybridized carbons (Fsp3) is 0.375. The number of hydrogen-bond acceptors (Lipinski definition) is 3. The zero-order valence-corrected chi connectivity index (χ0v) is 13.7. The highest BCUT2D eigenvalue weighted by molar-refractivity contribution is 6.30. The van der Waals surface area contributed by atoms with Crippen LogP contribution in [0, 0.1) is 11.8 Å². The second-order valence-corrected chi connectivity index (χ2v) is 6.45. The predicted octanol–water partition coefficient (Wildman–Crippen LogP) is 3.22. The van der Waals surface area contributed by atoms with Gasteiger partial charge in [0.2, 0.25) is 0 Å². The molecular formula is C16H15ClF3N3O2. The minimum absolute atomic E-state index is 0.146. The molecule has 1 fully saturated rings. The van der Waals surface area contributed by atoms with Crippen molar-refractivity contribution in [3.05, 3.63) is 47.2 Å². The largest absolute Gasteiger partial charge is 0.481 e. The van der Waals surface area contributed by atoms with Gasteiger partial charge in [-0.2, -0.15) is 18.3 Å². The number of carbonyl (C=O) groups is 1. The molecule has 1 saturated heterocycles. The maximum absolute atomic E-state index is 13.0. The first-order valence-electron chi connectivity index (χ1n) is 7.56. The van der Waals surface area contributed by atoms with Gasteiger partial charge < -0.3 is 5.11 Å². The summed E-state index contributed by atoms with van der Waals surface area (Å²) in [6.07, 6.45) is -2.83. The van der Waals surface area contributed by atoms with Crippen LogP contribution in [0.5, 0.6) is 0 Å². The average molecular weight is 374 g/mol. The number of benzene rings is 1. The van der Waals surface area contributed by atoms with Crippen molar-refractivity contribution in [3.63, 3.8) is 0 Å². The van der Waals surface area contributed by atoms with Gasteiger partial charge in [-0.15, -0.1) is 0 Å². The number of rotatable bonds is 4. The fourth-order valence-electron chi connectivity index (χ4n) is 3.01. The maximum Gasteiger partial charge on any atom is 0.393 e. The van der Waals surface area contributed by atoms with Gasteiger partial charge in [0, 0.05) is 30.9 Å². The Morgan fingerprint density at radius 3 is 2.48 bits per heavy atom. The second kappa shape index (κ2) is 6.68. The number of carboxylic acid groups (broad SMARTS) is 1. The molecule has 1 aliphatic rings. The Morgan fingerprint density at radius 1 is 1.24 bits per heavy atom. The Morgan fingerprint density at radius 2 is 1.92 bits per heavy atom. The maximum atomic E-state index is 13.0. The summed E-state index contributed by atoms with van der Waals surface area (Å²) in [6.45, 7) is -0.321. The van der Waals surface area contributed by atoms with E-state index >= 15 is 0 Å². The average Bonchev–Trinajstić information content (AvgIpc) is 3.15. The quantitative estimate of drug-likeness (QED) is 0.894. The molecule has 0 radical (unpaired) electrons. The molecule has 0 bridgehead atoms. The van der Waals surface area contributed by atoms with Crippen LogP contribution in [0.1, 0.15) is 5.69 Å². The summed E-state index contributed by atoms with van der Waals surface area (Å²) in [5.74, 6) is -4.72. The van der Waals surface area contributed by atoms with Crippen LogP contribution >= 0.6 is 11.6 Å². The van der Waals surface area contributed by atoms with Gasteiger partial charge in [-0.1, -0.05) is 11.6 Å². The highest BCUT2D eigenvalue weighted by Gasteiger charge is 2.52. The van der Waals surface area contributed by atoms with Crippen molar-refractivity contribution in [1.82, 2.24) is 14.7 Å². The smallest absolute Gasteiger partial charge is 0.393 e. The molecule has 1 aromatic carbocycles. The summed E-state index contributed by atoms with van der Waals surface area (Å²) in [6, 6.07) is 8.67. The topological polar surface area (TPSA) is 58.4 Å². The molecule has 5 nitrogen and oxygen atoms in total. The number of likely N-dealkylation sites (tertiary alicyclic amines) is 1. The van der Waals surface area contributed by atoms with Crippen LogP contribution in [-0.2, 0) is 11.3 Å². The monoisotopic (exact) mass is 373 g/mol. The van der Waals surface area contributed by atoms with E-state index in [1.54, 1.807) is 41.2 Å². The lowest BCUT2D eigenvalue weighted by atomic mass is 9.96. The van der Waals surface area contributed by atoms with Crippen molar-refractivity contribution in [3.8, 4) is 5.69 Å². The fourth-order valence-corrected chi connectivity index (χ4v) is 3.14. The number of carboxylic acids is 1. The van der Waals surface area contributed by atoms with Crippen molar-refractivity contribution in [1.29, 1.82) is 0 Å². The van der Waals surface area contributed by atoms with Crippen molar-refractivity contribution in [2.75, 3.05) is 13.1 Å². The molecule has 2 aromatic rings. The van der Waals surface area contributed by atoms with Gasteiger partial charge in [-0.25, -0.2) is 4.68 Å². The van der Waals surface area contributed by atoms with Gasteiger partial charge in [0.05, 0.1) is 23.2 Å². The van der Waals surface area contributed by atoms with E-state index in [1.807, 2.05) is 0 Å². The Labute approximate surface area is 146 Å². The van der Waals surface area contributed by atoms with Gasteiger partial charge >= 0.3 is 12.1 Å². The minimum atomic E-state index is -4.53. The molecule has 9 heteroatoms. The van der Waals surface area contributed by atoms with E-state index in [0.29, 0.717) is 10.7 Å². The molecule has 1 aliphatic heterocycles. The standard InChI is InChI=1S/C16H15ClF3N3O2/c17-10-1-3-12(4-2-10)23-6-5-11(21-23)7-22-8-13(15(24)25)14(9-22)16(18,19)20/h1-6,13-14H,7-9H2,(H,24,25)/t13-,14-/m1/s1. The highest BCUT2D eigenvalue weighted by Crippen LogP contribution is 2.38. The van der Waals surface area contributed by atoms with Gasteiger partial charge in [0.1, 0.15) is 0 Å². The first-order valence-corrected chi connectivity index (χ1v) is 7.94. The van der Waals surface area contributed by atoms with Crippen LogP contribution in [0.25, 0.3) is 5.69 Å². The minimum Gasteiger partial charge on any atom is -0.481 e. The molecule has 2 heterocycles. The van der Waals surface area contributed by atoms with Crippen molar-refractivity contribution in [2.45, 2.75) is 12.7 Å².